The zero-order valence-electron chi connectivity index (χ0n) is 9.80. The highest BCUT2D eigenvalue weighted by Gasteiger charge is 2.27. The molecule has 1 aromatic carbocycles. The second kappa shape index (κ2) is 6.65. The molecule has 92 valence electrons. The Bertz CT molecular complexity index is 361. The van der Waals surface area contributed by atoms with E-state index < -0.39 is 18.0 Å². The molecule has 0 aliphatic carbocycles. The van der Waals surface area contributed by atoms with Crippen molar-refractivity contribution in [3.63, 3.8) is 0 Å². The Kier molecular flexibility index (Phi) is 5.16. The van der Waals surface area contributed by atoms with E-state index in [1.807, 2.05) is 30.3 Å². The molecule has 17 heavy (non-hydrogen) atoms. The van der Waals surface area contributed by atoms with Crippen LogP contribution >= 0.6 is 0 Å². The summed E-state index contributed by atoms with van der Waals surface area (Å²) in [7, 11) is 2.45. The summed E-state index contributed by atoms with van der Waals surface area (Å²) in [5.74, 6) is -1.32. The van der Waals surface area contributed by atoms with Crippen LogP contribution in [-0.2, 0) is 25.6 Å². The highest BCUT2D eigenvalue weighted by atomic mass is 16.5. The van der Waals surface area contributed by atoms with Crippen LogP contribution in [0.3, 0.4) is 0 Å². The maximum atomic E-state index is 11.3. The quantitative estimate of drug-likeness (QED) is 0.596. The topological polar surface area (TPSA) is 64.6 Å². The summed E-state index contributed by atoms with van der Waals surface area (Å²) >= 11 is 0. The Morgan fingerprint density at radius 3 is 2.12 bits per heavy atom. The highest BCUT2D eigenvalue weighted by molar-refractivity contribution is 5.99. The predicted molar refractivity (Wildman–Crippen MR) is 61.1 cm³/mol. The molecule has 0 heterocycles. The van der Waals surface area contributed by atoms with Crippen LogP contribution in [-0.4, -0.2) is 32.2 Å². The van der Waals surface area contributed by atoms with Crippen LogP contribution in [0.5, 0.6) is 0 Å². The molecule has 1 aromatic rings. The first-order chi connectivity index (χ1) is 8.19. The van der Waals surface area contributed by atoms with E-state index in [9.17, 15) is 9.59 Å². The third-order valence-corrected chi connectivity index (χ3v) is 2.23. The summed E-state index contributed by atoms with van der Waals surface area (Å²) in [6, 6.07) is 8.33. The molecule has 0 aliphatic rings. The van der Waals surface area contributed by atoms with Gasteiger partial charge in [0.15, 0.2) is 0 Å². The van der Waals surface area contributed by atoms with E-state index in [4.69, 9.17) is 0 Å². The van der Waals surface area contributed by atoms with E-state index in [0.29, 0.717) is 6.54 Å². The van der Waals surface area contributed by atoms with Gasteiger partial charge in [-0.25, -0.2) is 9.59 Å². The summed E-state index contributed by atoms with van der Waals surface area (Å²) in [5.41, 5.74) is 0.963. The van der Waals surface area contributed by atoms with Crippen molar-refractivity contribution in [2.75, 3.05) is 14.2 Å². The Hall–Kier alpha value is -1.88. The van der Waals surface area contributed by atoms with Gasteiger partial charge in [-0.15, -0.1) is 0 Å². The first-order valence-corrected chi connectivity index (χ1v) is 5.12. The van der Waals surface area contributed by atoms with Crippen molar-refractivity contribution >= 4 is 11.9 Å². The number of carbonyl (C=O) groups is 2. The molecule has 1 N–H and O–H groups in total. The second-order valence-corrected chi connectivity index (χ2v) is 3.35. The van der Waals surface area contributed by atoms with Crippen LogP contribution in [0.4, 0.5) is 0 Å². The third kappa shape index (κ3) is 3.88. The van der Waals surface area contributed by atoms with Gasteiger partial charge in [0.1, 0.15) is 0 Å². The Morgan fingerprint density at radius 2 is 1.65 bits per heavy atom. The van der Waals surface area contributed by atoms with Crippen molar-refractivity contribution in [1.82, 2.24) is 5.32 Å². The lowest BCUT2D eigenvalue weighted by Gasteiger charge is -2.13. The number of methoxy groups -OCH3 is 2. The third-order valence-electron chi connectivity index (χ3n) is 2.23. The standard InChI is InChI=1S/C12H15NO4/c1-16-11(14)10(12(15)17-2)13-8-9-6-4-3-5-7-9/h3-7,10,13H,8H2,1-2H3. The van der Waals surface area contributed by atoms with Crippen molar-refractivity contribution in [3.8, 4) is 0 Å². The number of hydrogen-bond donors (Lipinski definition) is 1. The van der Waals surface area contributed by atoms with E-state index in [2.05, 4.69) is 14.8 Å². The molecule has 0 atom stereocenters. The molecule has 0 saturated carbocycles. The zero-order chi connectivity index (χ0) is 12.7. The molecular formula is C12H15NO4. The average molecular weight is 237 g/mol. The maximum Gasteiger partial charge on any atom is 0.334 e. The molecule has 5 heteroatoms. The molecule has 0 spiro atoms. The molecule has 0 radical (unpaired) electrons. The number of esters is 2. The monoisotopic (exact) mass is 237 g/mol. The van der Waals surface area contributed by atoms with Crippen LogP contribution in [0, 0.1) is 0 Å². The molecule has 0 fully saturated rings. The zero-order valence-corrected chi connectivity index (χ0v) is 9.80. The van der Waals surface area contributed by atoms with Crippen molar-refractivity contribution in [1.29, 1.82) is 0 Å². The van der Waals surface area contributed by atoms with Crippen LogP contribution < -0.4 is 5.32 Å². The SMILES string of the molecule is COC(=O)C(NCc1ccccc1)C(=O)OC. The molecular weight excluding hydrogens is 222 g/mol. The number of hydrogen-bond acceptors (Lipinski definition) is 5. The molecule has 5 nitrogen and oxygen atoms in total. The van der Waals surface area contributed by atoms with E-state index in [0.717, 1.165) is 5.56 Å². The molecule has 0 unspecified atom stereocenters. The van der Waals surface area contributed by atoms with Gasteiger partial charge in [0.05, 0.1) is 14.2 Å². The fourth-order valence-electron chi connectivity index (χ4n) is 1.31. The predicted octanol–water partition coefficient (Wildman–Crippen LogP) is 0.491. The maximum absolute atomic E-state index is 11.3. The van der Waals surface area contributed by atoms with Gasteiger partial charge in [0.2, 0.25) is 6.04 Å². The van der Waals surface area contributed by atoms with Gasteiger partial charge in [0.25, 0.3) is 0 Å². The highest BCUT2D eigenvalue weighted by Crippen LogP contribution is 2.00. The Labute approximate surface area is 99.7 Å². The van der Waals surface area contributed by atoms with Crippen LogP contribution in [0.2, 0.25) is 0 Å². The average Bonchev–Trinajstić information content (AvgIpc) is 2.39. The summed E-state index contributed by atoms with van der Waals surface area (Å²) in [4.78, 5) is 22.7. The fourth-order valence-corrected chi connectivity index (χ4v) is 1.31. The smallest absolute Gasteiger partial charge is 0.334 e. The van der Waals surface area contributed by atoms with E-state index in [1.54, 1.807) is 0 Å². The first kappa shape index (κ1) is 13.2. The van der Waals surface area contributed by atoms with Crippen molar-refractivity contribution in [2.45, 2.75) is 12.6 Å². The van der Waals surface area contributed by atoms with Gasteiger partial charge in [-0.05, 0) is 5.56 Å². The van der Waals surface area contributed by atoms with E-state index in [1.165, 1.54) is 14.2 Å². The van der Waals surface area contributed by atoms with Gasteiger partial charge < -0.3 is 9.47 Å². The normalized spacial score (nSPS) is 10.1. The number of carbonyl (C=O) groups excluding carboxylic acids is 2. The molecule has 0 aromatic heterocycles. The number of nitrogens with one attached hydrogen (secondary N) is 1. The van der Waals surface area contributed by atoms with E-state index >= 15 is 0 Å². The van der Waals surface area contributed by atoms with Crippen molar-refractivity contribution < 1.29 is 19.1 Å². The summed E-state index contributed by atoms with van der Waals surface area (Å²) < 4.78 is 9.04. The molecule has 0 bridgehead atoms. The molecule has 1 rings (SSSR count). The van der Waals surface area contributed by atoms with Gasteiger partial charge in [-0.1, -0.05) is 30.3 Å². The molecule has 0 amide bonds. The Balaban J connectivity index is 2.61. The number of ether oxygens (including phenoxy) is 2. The van der Waals surface area contributed by atoms with E-state index in [-0.39, 0.29) is 0 Å². The molecule has 0 saturated heterocycles. The summed E-state index contributed by atoms with van der Waals surface area (Å²) in [5, 5.41) is 2.79. The summed E-state index contributed by atoms with van der Waals surface area (Å²) in [6.45, 7) is 0.385. The lowest BCUT2D eigenvalue weighted by molar-refractivity contribution is -0.155. The largest absolute Gasteiger partial charge is 0.467 e. The Morgan fingerprint density at radius 1 is 1.12 bits per heavy atom. The minimum absolute atomic E-state index is 0.385. The van der Waals surface area contributed by atoms with Crippen LogP contribution in [0.1, 0.15) is 5.56 Å². The lowest BCUT2D eigenvalue weighted by atomic mass is 10.2. The number of rotatable bonds is 5. The van der Waals surface area contributed by atoms with Gasteiger partial charge in [-0.2, -0.15) is 0 Å². The fraction of sp³-hybridized carbons (Fsp3) is 0.333. The minimum atomic E-state index is -1.09. The van der Waals surface area contributed by atoms with Crippen LogP contribution in [0.25, 0.3) is 0 Å². The number of benzene rings is 1. The minimum Gasteiger partial charge on any atom is -0.467 e. The van der Waals surface area contributed by atoms with Gasteiger partial charge in [-0.3, -0.25) is 5.32 Å². The first-order valence-electron chi connectivity index (χ1n) is 5.12. The molecule has 0 aliphatic heterocycles. The van der Waals surface area contributed by atoms with Gasteiger partial charge >= 0.3 is 11.9 Å². The summed E-state index contributed by atoms with van der Waals surface area (Å²) in [6.07, 6.45) is 0. The second-order valence-electron chi connectivity index (χ2n) is 3.35. The van der Waals surface area contributed by atoms with Crippen molar-refractivity contribution in [3.05, 3.63) is 35.9 Å². The lowest BCUT2D eigenvalue weighted by Crippen LogP contribution is -2.44. The van der Waals surface area contributed by atoms with Crippen LogP contribution in [0.15, 0.2) is 30.3 Å². The van der Waals surface area contributed by atoms with Gasteiger partial charge in [0, 0.05) is 6.54 Å². The van der Waals surface area contributed by atoms with Crippen molar-refractivity contribution in [2.24, 2.45) is 0 Å².